The van der Waals surface area contributed by atoms with Crippen LogP contribution in [0.15, 0.2) is 121 Å². The van der Waals surface area contributed by atoms with Crippen molar-refractivity contribution < 1.29 is 96.1 Å². The maximum atomic E-state index is 14.5. The average molecular weight is 1010 g/mol. The van der Waals surface area contributed by atoms with Crippen LogP contribution in [0.2, 0.25) is 0 Å². The van der Waals surface area contributed by atoms with Crippen LogP contribution < -0.4 is 77.9 Å². The molecule has 350 valence electrons. The fourth-order valence-electron chi connectivity index (χ4n) is 15.0. The molecule has 8 aliphatic carbocycles. The number of benzene rings is 7. The third-order valence-corrected chi connectivity index (χ3v) is 19.7. The Kier molecular flexibility index (Phi) is 11.7. The summed E-state index contributed by atoms with van der Waals surface area (Å²) in [5.41, 5.74) is 22.0. The van der Waals surface area contributed by atoms with Gasteiger partial charge in [0.25, 0.3) is 0 Å². The van der Waals surface area contributed by atoms with Crippen LogP contribution in [0.3, 0.4) is 0 Å². The molecule has 0 amide bonds. The topological polar surface area (TPSA) is 117 Å². The SMILES string of the molecule is CCc1ccc(COP(=O)([O-])Oc2c3c(c(OP(=O)([O-])OCc4ccc(CC)cc4)c4c2C2CC4c4cc5c(cc42)C2CC5c4ccccc42)C2CC3c3cc4c(cc32)C2CC4c3ccccc32)cc1.[Na+].[Na+]. The van der Waals surface area contributed by atoms with E-state index in [0.29, 0.717) is 58.8 Å². The molecule has 7 aromatic rings. The molecule has 7 aromatic carbocycles. The number of phosphoric acid groups is 2. The van der Waals surface area contributed by atoms with Gasteiger partial charge in [0.1, 0.15) is 11.5 Å². The number of hydrogen-bond donors (Lipinski definition) is 0. The van der Waals surface area contributed by atoms with Gasteiger partial charge in [0.05, 0.1) is 13.2 Å². The van der Waals surface area contributed by atoms with Gasteiger partial charge >= 0.3 is 74.8 Å². The van der Waals surface area contributed by atoms with E-state index in [4.69, 9.17) is 18.1 Å². The molecule has 0 N–H and O–H groups in total. The van der Waals surface area contributed by atoms with Gasteiger partial charge in [0.15, 0.2) is 0 Å². The summed E-state index contributed by atoms with van der Waals surface area (Å²) in [6.07, 6.45) is 5.09. The second kappa shape index (κ2) is 17.5. The zero-order chi connectivity index (χ0) is 46.9. The van der Waals surface area contributed by atoms with Crippen molar-refractivity contribution in [3.63, 3.8) is 0 Å². The van der Waals surface area contributed by atoms with Gasteiger partial charge in [-0.1, -0.05) is 135 Å². The van der Waals surface area contributed by atoms with Crippen LogP contribution in [0, 0.1) is 0 Å². The number of hydrogen-bond acceptors (Lipinski definition) is 8. The van der Waals surface area contributed by atoms with E-state index in [0.717, 1.165) is 70.2 Å². The van der Waals surface area contributed by atoms with Gasteiger partial charge < -0.3 is 27.9 Å². The summed E-state index contributed by atoms with van der Waals surface area (Å²) in [4.78, 5) is 29.0. The largest absolute Gasteiger partial charge is 1.00 e. The molecule has 0 saturated carbocycles. The van der Waals surface area contributed by atoms with Crippen LogP contribution in [0.5, 0.6) is 11.5 Å². The Balaban J connectivity index is 0.00000252. The third kappa shape index (κ3) is 7.08. The molecule has 0 heterocycles. The Hall–Kier alpha value is -3.56. The summed E-state index contributed by atoms with van der Waals surface area (Å²) >= 11 is 0. The van der Waals surface area contributed by atoms with Crippen LogP contribution in [-0.2, 0) is 44.2 Å². The maximum Gasteiger partial charge on any atom is 1.00 e. The smallest absolute Gasteiger partial charge is 0.746 e. The first-order chi connectivity index (χ1) is 34.0. The Morgan fingerprint density at radius 3 is 0.917 bits per heavy atom. The minimum absolute atomic E-state index is 0. The Labute approximate surface area is 464 Å². The normalized spacial score (nSPS) is 25.2. The zero-order valence-electron chi connectivity index (χ0n) is 41.0. The van der Waals surface area contributed by atoms with Crippen molar-refractivity contribution in [3.05, 3.63) is 233 Å². The molecule has 0 aromatic heterocycles. The summed E-state index contributed by atoms with van der Waals surface area (Å²) in [7, 11) is -10.1. The van der Waals surface area contributed by atoms with Crippen LogP contribution >= 0.6 is 15.6 Å². The molecule has 0 fully saturated rings. The predicted molar refractivity (Wildman–Crippen MR) is 263 cm³/mol. The monoisotopic (exact) mass is 1010 g/mol. The van der Waals surface area contributed by atoms with E-state index in [1.165, 1.54) is 44.5 Å². The van der Waals surface area contributed by atoms with Crippen LogP contribution in [0.4, 0.5) is 0 Å². The molecule has 15 rings (SSSR count). The molecule has 72 heavy (non-hydrogen) atoms. The molecular weight excluding hydrogens is 957 g/mol. The van der Waals surface area contributed by atoms with Crippen molar-refractivity contribution in [3.8, 4) is 11.5 Å². The van der Waals surface area contributed by atoms with Crippen LogP contribution in [0.1, 0.15) is 198 Å². The minimum Gasteiger partial charge on any atom is -0.746 e. The molecule has 10 atom stereocenters. The fourth-order valence-corrected chi connectivity index (χ4v) is 16.5. The molecule has 8 aliphatic rings. The Morgan fingerprint density at radius 1 is 0.389 bits per heavy atom. The first kappa shape index (κ1) is 48.1. The van der Waals surface area contributed by atoms with Gasteiger partial charge in [-0.15, -0.1) is 0 Å². The van der Waals surface area contributed by atoms with Gasteiger partial charge in [-0.25, -0.2) is 0 Å². The quantitative estimate of drug-likeness (QED) is 0.0963. The molecule has 10 unspecified atom stereocenters. The van der Waals surface area contributed by atoms with Crippen LogP contribution in [0.25, 0.3) is 0 Å². The molecule has 8 bridgehead atoms. The van der Waals surface area contributed by atoms with E-state index < -0.39 is 15.6 Å². The van der Waals surface area contributed by atoms with E-state index in [1.807, 2.05) is 48.5 Å². The second-order valence-corrected chi connectivity index (χ2v) is 23.8. The van der Waals surface area contributed by atoms with Crippen molar-refractivity contribution in [2.75, 3.05) is 0 Å². The van der Waals surface area contributed by atoms with Crippen molar-refractivity contribution in [1.29, 1.82) is 0 Å². The van der Waals surface area contributed by atoms with Gasteiger partial charge in [0, 0.05) is 69.6 Å². The van der Waals surface area contributed by atoms with Crippen molar-refractivity contribution in [2.24, 2.45) is 0 Å². The standard InChI is InChI=1S/C60H52O8P2.2Na/c1-3-31-13-17-33(18-14-31)29-65-69(61,62)67-59-55-51-27-53(49-25-45-41-21-39(43(45)23-47(49)51)35-9-5-7-11-37(35)41)57(55)60(68-70(63,64)66-30-34-19-15-32(4-2)16-20-34)58-54-28-52(56(58)59)48-24-44-40-22-42(46(44)26-50(48)54)38-12-8-6-10-36(38)40;;/h5-20,23-26,39-42,51-54H,3-4,21-22,27-30H2,1-2H3,(H,61,62)(H,63,64);;/q;2*+1/p-2. The average Bonchev–Trinajstić information content (AvgIpc) is 4.27. The number of phosphoric ester groups is 2. The number of rotatable bonds is 12. The van der Waals surface area contributed by atoms with E-state index in [1.54, 1.807) is 0 Å². The van der Waals surface area contributed by atoms with E-state index >= 15 is 0 Å². The van der Waals surface area contributed by atoms with E-state index in [-0.39, 0.29) is 107 Å². The maximum absolute atomic E-state index is 14.5. The third-order valence-electron chi connectivity index (χ3n) is 18.0. The number of fused-ring (bicyclic) bond motifs is 32. The Bertz CT molecular complexity index is 3160. The minimum atomic E-state index is -5.03. The van der Waals surface area contributed by atoms with Crippen molar-refractivity contribution >= 4 is 15.6 Å². The summed E-state index contributed by atoms with van der Waals surface area (Å²) in [5.74, 6) is 0.744. The summed E-state index contributed by atoms with van der Waals surface area (Å²) in [6, 6.07) is 42.6. The molecule has 0 saturated heterocycles. The molecular formula is C60H50Na2O8P2. The fraction of sp³-hybridized carbons (Fsp3) is 0.300. The summed E-state index contributed by atoms with van der Waals surface area (Å²) in [6.45, 7) is 3.81. The number of aryl methyl sites for hydroxylation is 2. The molecule has 0 spiro atoms. The summed E-state index contributed by atoms with van der Waals surface area (Å²) < 4.78 is 53.7. The summed E-state index contributed by atoms with van der Waals surface area (Å²) in [5, 5.41) is 0. The van der Waals surface area contributed by atoms with Gasteiger partial charge in [-0.2, -0.15) is 0 Å². The van der Waals surface area contributed by atoms with Gasteiger partial charge in [-0.3, -0.25) is 9.13 Å². The molecule has 12 heteroatoms. The van der Waals surface area contributed by atoms with Gasteiger partial charge in [-0.05, 0) is 128 Å². The van der Waals surface area contributed by atoms with Crippen LogP contribution in [-0.4, -0.2) is 0 Å². The molecule has 0 aliphatic heterocycles. The first-order valence-corrected chi connectivity index (χ1v) is 28.2. The predicted octanol–water partition coefficient (Wildman–Crippen LogP) is 6.87. The van der Waals surface area contributed by atoms with Crippen molar-refractivity contribution in [2.45, 2.75) is 113 Å². The molecule has 0 radical (unpaired) electrons. The van der Waals surface area contributed by atoms with E-state index in [9.17, 15) is 18.9 Å². The van der Waals surface area contributed by atoms with E-state index in [2.05, 4.69) is 86.6 Å². The zero-order valence-corrected chi connectivity index (χ0v) is 46.8. The second-order valence-electron chi connectivity index (χ2n) is 21.1. The molecule has 8 nitrogen and oxygen atoms in total. The van der Waals surface area contributed by atoms with Crippen molar-refractivity contribution in [1.82, 2.24) is 0 Å². The first-order valence-electron chi connectivity index (χ1n) is 25.3. The van der Waals surface area contributed by atoms with Gasteiger partial charge in [0.2, 0.25) is 0 Å². The Morgan fingerprint density at radius 2 is 0.639 bits per heavy atom.